The summed E-state index contributed by atoms with van der Waals surface area (Å²) >= 11 is 11.6. The molecule has 1 amide bonds. The fourth-order valence-corrected chi connectivity index (χ4v) is 2.43. The van der Waals surface area contributed by atoms with E-state index in [4.69, 9.17) is 27.9 Å². The average molecular weight is 346 g/mol. The molecular weight excluding hydrogens is 332 g/mol. The van der Waals surface area contributed by atoms with E-state index < -0.39 is 17.7 Å². The van der Waals surface area contributed by atoms with Crippen LogP contribution in [-0.2, 0) is 9.53 Å². The molecule has 0 bridgehead atoms. The molecule has 1 aromatic carbocycles. The van der Waals surface area contributed by atoms with Crippen LogP contribution in [0.2, 0.25) is 10.0 Å². The Hall–Kier alpha value is -1.59. The molecule has 0 heterocycles. The molecule has 0 saturated heterocycles. The van der Waals surface area contributed by atoms with Gasteiger partial charge in [0.2, 0.25) is 0 Å². The van der Waals surface area contributed by atoms with Gasteiger partial charge in [-0.1, -0.05) is 29.8 Å². The maximum atomic E-state index is 13.6. The van der Waals surface area contributed by atoms with Crippen LogP contribution in [0.1, 0.15) is 30.1 Å². The van der Waals surface area contributed by atoms with Crippen molar-refractivity contribution < 1.29 is 18.7 Å². The summed E-state index contributed by atoms with van der Waals surface area (Å²) in [7, 11) is 0. The lowest BCUT2D eigenvalue weighted by atomic mass is 10.1. The van der Waals surface area contributed by atoms with Gasteiger partial charge < -0.3 is 4.74 Å². The molecule has 1 fully saturated rings. The number of ether oxygens (including phenoxy) is 1. The van der Waals surface area contributed by atoms with E-state index in [1.165, 1.54) is 4.90 Å². The van der Waals surface area contributed by atoms with Crippen molar-refractivity contribution in [3.05, 3.63) is 45.8 Å². The maximum Gasteiger partial charge on any atom is 0.354 e. The fraction of sp³-hybridized carbons (Fsp3) is 0.333. The first-order valence-corrected chi connectivity index (χ1v) is 7.46. The number of halogens is 3. The van der Waals surface area contributed by atoms with Crippen LogP contribution < -0.4 is 0 Å². The van der Waals surface area contributed by atoms with Crippen LogP contribution in [0.3, 0.4) is 0 Å². The van der Waals surface area contributed by atoms with Crippen LogP contribution in [0.5, 0.6) is 0 Å². The van der Waals surface area contributed by atoms with Gasteiger partial charge in [-0.15, -0.1) is 0 Å². The van der Waals surface area contributed by atoms with Crippen molar-refractivity contribution in [2.45, 2.75) is 25.8 Å². The molecule has 1 saturated carbocycles. The lowest BCUT2D eigenvalue weighted by Gasteiger charge is -2.23. The van der Waals surface area contributed by atoms with E-state index in [1.54, 1.807) is 6.92 Å². The van der Waals surface area contributed by atoms with Crippen molar-refractivity contribution in [2.24, 2.45) is 0 Å². The fourth-order valence-electron chi connectivity index (χ4n) is 1.97. The highest BCUT2D eigenvalue weighted by Crippen LogP contribution is 2.33. The Balaban J connectivity index is 2.33. The highest BCUT2D eigenvalue weighted by atomic mass is 35.5. The van der Waals surface area contributed by atoms with Gasteiger partial charge >= 0.3 is 5.97 Å². The van der Waals surface area contributed by atoms with E-state index in [1.807, 2.05) is 0 Å². The standard InChI is InChI=1S/C15H14Cl2FNO3/c1-3-22-15(21)8(2)19(9-4-5-9)14(20)10-6-13(18)12(17)7-11(10)16/h6-7,9H,2-5H2,1H3. The molecule has 1 aliphatic rings. The molecule has 118 valence electrons. The second-order valence-electron chi connectivity index (χ2n) is 4.82. The minimum Gasteiger partial charge on any atom is -0.461 e. The number of hydrogen-bond donors (Lipinski definition) is 0. The molecule has 1 aliphatic carbocycles. The zero-order chi connectivity index (χ0) is 16.4. The third-order valence-corrected chi connectivity index (χ3v) is 3.78. The molecule has 1 aromatic rings. The van der Waals surface area contributed by atoms with Gasteiger partial charge in [0.15, 0.2) is 0 Å². The van der Waals surface area contributed by atoms with E-state index in [-0.39, 0.29) is 34.0 Å². The van der Waals surface area contributed by atoms with Crippen molar-refractivity contribution >= 4 is 35.1 Å². The zero-order valence-electron chi connectivity index (χ0n) is 11.9. The summed E-state index contributed by atoms with van der Waals surface area (Å²) in [5, 5.41) is -0.164. The number of carbonyl (C=O) groups excluding carboxylic acids is 2. The first kappa shape index (κ1) is 16.8. The van der Waals surface area contributed by atoms with E-state index in [0.717, 1.165) is 25.0 Å². The van der Waals surface area contributed by atoms with Gasteiger partial charge in [-0.05, 0) is 31.9 Å². The van der Waals surface area contributed by atoms with Gasteiger partial charge in [0.05, 0.1) is 22.2 Å². The highest BCUT2D eigenvalue weighted by Gasteiger charge is 2.38. The summed E-state index contributed by atoms with van der Waals surface area (Å²) < 4.78 is 18.5. The summed E-state index contributed by atoms with van der Waals surface area (Å²) in [6.45, 7) is 5.44. The van der Waals surface area contributed by atoms with Crippen molar-refractivity contribution in [3.63, 3.8) is 0 Å². The number of amides is 1. The minimum atomic E-state index is -0.757. The summed E-state index contributed by atoms with van der Waals surface area (Å²) in [5.41, 5.74) is -0.151. The van der Waals surface area contributed by atoms with Gasteiger partial charge in [0.25, 0.3) is 5.91 Å². The van der Waals surface area contributed by atoms with Gasteiger partial charge in [0.1, 0.15) is 11.5 Å². The average Bonchev–Trinajstić information content (AvgIpc) is 3.27. The van der Waals surface area contributed by atoms with Crippen molar-refractivity contribution in [1.29, 1.82) is 0 Å². The zero-order valence-corrected chi connectivity index (χ0v) is 13.4. The lowest BCUT2D eigenvalue weighted by Crippen LogP contribution is -2.36. The molecule has 4 nitrogen and oxygen atoms in total. The molecule has 0 unspecified atom stereocenters. The lowest BCUT2D eigenvalue weighted by molar-refractivity contribution is -0.140. The Morgan fingerprint density at radius 3 is 2.55 bits per heavy atom. The number of hydrogen-bond acceptors (Lipinski definition) is 3. The summed E-state index contributed by atoms with van der Waals surface area (Å²) in [6.07, 6.45) is 1.47. The van der Waals surface area contributed by atoms with Crippen LogP contribution in [0.15, 0.2) is 24.4 Å². The molecule has 0 aliphatic heterocycles. The molecule has 0 atom stereocenters. The Bertz CT molecular complexity index is 644. The maximum absolute atomic E-state index is 13.6. The summed E-state index contributed by atoms with van der Waals surface area (Å²) in [6, 6.07) is 1.96. The van der Waals surface area contributed by atoms with Crippen LogP contribution in [-0.4, -0.2) is 29.4 Å². The molecule has 0 spiro atoms. The first-order chi connectivity index (χ1) is 10.4. The molecule has 7 heteroatoms. The Morgan fingerprint density at radius 2 is 2.00 bits per heavy atom. The number of nitrogens with zero attached hydrogens (tertiary/aromatic N) is 1. The normalized spacial score (nSPS) is 13.6. The summed E-state index contributed by atoms with van der Waals surface area (Å²) in [5.74, 6) is -2.04. The SMILES string of the molecule is C=C(C(=O)OCC)N(C(=O)c1cc(F)c(Cl)cc1Cl)C1CC1. The molecule has 0 N–H and O–H groups in total. The summed E-state index contributed by atoms with van der Waals surface area (Å²) in [4.78, 5) is 25.7. The molecule has 0 radical (unpaired) electrons. The smallest absolute Gasteiger partial charge is 0.354 e. The van der Waals surface area contributed by atoms with Crippen LogP contribution in [0, 0.1) is 5.82 Å². The topological polar surface area (TPSA) is 46.6 Å². The first-order valence-electron chi connectivity index (χ1n) is 6.71. The molecule has 0 aromatic heterocycles. The van der Waals surface area contributed by atoms with Crippen molar-refractivity contribution in [1.82, 2.24) is 4.90 Å². The van der Waals surface area contributed by atoms with Crippen molar-refractivity contribution in [3.8, 4) is 0 Å². The Morgan fingerprint density at radius 1 is 1.36 bits per heavy atom. The van der Waals surface area contributed by atoms with Gasteiger partial charge in [0, 0.05) is 6.04 Å². The quantitative estimate of drug-likeness (QED) is 0.463. The van der Waals surface area contributed by atoms with Crippen LogP contribution in [0.4, 0.5) is 4.39 Å². The number of esters is 1. The molecule has 22 heavy (non-hydrogen) atoms. The molecule has 2 rings (SSSR count). The number of benzene rings is 1. The monoisotopic (exact) mass is 345 g/mol. The second-order valence-corrected chi connectivity index (χ2v) is 5.63. The third kappa shape index (κ3) is 3.42. The van der Waals surface area contributed by atoms with E-state index >= 15 is 0 Å². The number of rotatable bonds is 5. The van der Waals surface area contributed by atoms with E-state index in [9.17, 15) is 14.0 Å². The van der Waals surface area contributed by atoms with Gasteiger partial charge in [-0.3, -0.25) is 9.69 Å². The highest BCUT2D eigenvalue weighted by molar-refractivity contribution is 6.36. The van der Waals surface area contributed by atoms with Gasteiger partial charge in [-0.25, -0.2) is 9.18 Å². The predicted octanol–water partition coefficient (Wildman–Crippen LogP) is 3.81. The van der Waals surface area contributed by atoms with Crippen LogP contribution in [0.25, 0.3) is 0 Å². The van der Waals surface area contributed by atoms with E-state index in [2.05, 4.69) is 6.58 Å². The molecular formula is C15H14Cl2FNO3. The third-order valence-electron chi connectivity index (χ3n) is 3.17. The largest absolute Gasteiger partial charge is 0.461 e. The Kier molecular flexibility index (Phi) is 5.08. The minimum absolute atomic E-state index is 0.0127. The number of carbonyl (C=O) groups is 2. The van der Waals surface area contributed by atoms with Crippen LogP contribution >= 0.6 is 23.2 Å². The van der Waals surface area contributed by atoms with E-state index in [0.29, 0.717) is 0 Å². The Labute approximate surface area is 137 Å². The second kappa shape index (κ2) is 6.67. The van der Waals surface area contributed by atoms with Gasteiger partial charge in [-0.2, -0.15) is 0 Å². The van der Waals surface area contributed by atoms with Crippen molar-refractivity contribution in [2.75, 3.05) is 6.61 Å². The predicted molar refractivity (Wildman–Crippen MR) is 81.4 cm³/mol.